The predicted molar refractivity (Wildman–Crippen MR) is 146 cm³/mol. The number of aromatic nitrogens is 4. The van der Waals surface area contributed by atoms with Gasteiger partial charge in [-0.15, -0.1) is 0 Å². The first-order valence-corrected chi connectivity index (χ1v) is 12.7. The molecule has 1 saturated carbocycles. The van der Waals surface area contributed by atoms with Gasteiger partial charge in [0.1, 0.15) is 5.82 Å². The molecule has 1 aliphatic carbocycles. The molecule has 0 atom stereocenters. The number of halogens is 2. The molecule has 3 aromatic heterocycles. The average Bonchev–Trinajstić information content (AvgIpc) is 3.68. The van der Waals surface area contributed by atoms with Gasteiger partial charge in [-0.1, -0.05) is 29.3 Å². The van der Waals surface area contributed by atoms with Gasteiger partial charge in [-0.25, -0.2) is 4.98 Å². The lowest BCUT2D eigenvalue weighted by Gasteiger charge is -2.12. The Hall–Kier alpha value is -3.94. The maximum atomic E-state index is 12.7. The molecule has 0 radical (unpaired) electrons. The average molecular weight is 529 g/mol. The van der Waals surface area contributed by atoms with Crippen molar-refractivity contribution in [3.63, 3.8) is 0 Å². The first-order valence-electron chi connectivity index (χ1n) is 11.9. The minimum absolute atomic E-state index is 0.214. The van der Waals surface area contributed by atoms with Crippen LogP contribution in [0.4, 0.5) is 11.5 Å². The summed E-state index contributed by atoms with van der Waals surface area (Å²) in [5.74, 6) is 1.07. The monoisotopic (exact) mass is 528 g/mol. The fraction of sp³-hybridized carbons (Fsp3) is 0.143. The van der Waals surface area contributed by atoms with Gasteiger partial charge in [-0.05, 0) is 61.4 Å². The van der Waals surface area contributed by atoms with Crippen molar-refractivity contribution in [2.45, 2.75) is 25.3 Å². The molecule has 9 heteroatoms. The molecular formula is C28H22Cl2N6O. The fourth-order valence-corrected chi connectivity index (χ4v) is 4.68. The second kappa shape index (κ2) is 9.84. The largest absolute Gasteiger partial charge is 0.348 e. The van der Waals surface area contributed by atoms with E-state index in [-0.39, 0.29) is 12.5 Å². The van der Waals surface area contributed by atoms with E-state index >= 15 is 0 Å². The molecule has 0 saturated heterocycles. The minimum atomic E-state index is -0.214. The Kier molecular flexibility index (Phi) is 6.24. The highest BCUT2D eigenvalue weighted by Gasteiger charge is 2.27. The van der Waals surface area contributed by atoms with E-state index in [0.29, 0.717) is 27.1 Å². The molecule has 3 heterocycles. The molecule has 0 aliphatic heterocycles. The maximum Gasteiger partial charge on any atom is 0.251 e. The van der Waals surface area contributed by atoms with Crippen LogP contribution in [-0.4, -0.2) is 25.5 Å². The third kappa shape index (κ3) is 5.01. The van der Waals surface area contributed by atoms with Crippen LogP contribution in [0.25, 0.3) is 16.9 Å². The lowest BCUT2D eigenvalue weighted by molar-refractivity contribution is 0.0951. The maximum absolute atomic E-state index is 12.7. The summed E-state index contributed by atoms with van der Waals surface area (Å²) in [6, 6.07) is 20.4. The van der Waals surface area contributed by atoms with Gasteiger partial charge in [0.15, 0.2) is 5.65 Å². The lowest BCUT2D eigenvalue weighted by Crippen LogP contribution is -2.23. The van der Waals surface area contributed by atoms with E-state index < -0.39 is 0 Å². The molecule has 5 aromatic rings. The van der Waals surface area contributed by atoms with E-state index in [9.17, 15) is 4.79 Å². The molecule has 6 rings (SSSR count). The molecule has 0 spiro atoms. The van der Waals surface area contributed by atoms with Gasteiger partial charge >= 0.3 is 0 Å². The minimum Gasteiger partial charge on any atom is -0.348 e. The van der Waals surface area contributed by atoms with Gasteiger partial charge in [-0.3, -0.25) is 9.78 Å². The Morgan fingerprint density at radius 2 is 1.78 bits per heavy atom. The number of nitrogens with one attached hydrogen (secondary N) is 2. The van der Waals surface area contributed by atoms with Gasteiger partial charge in [-0.2, -0.15) is 9.61 Å². The summed E-state index contributed by atoms with van der Waals surface area (Å²) in [5.41, 5.74) is 5.60. The number of fused-ring (bicyclic) bond motifs is 1. The number of pyridine rings is 1. The van der Waals surface area contributed by atoms with Crippen LogP contribution >= 0.6 is 23.2 Å². The zero-order chi connectivity index (χ0) is 25.4. The SMILES string of the molecule is O=C(NCc1c(Cl)cccc1Cl)c1ccc(Nc2cc(-c3cccnc3)nc3cc(C4CC4)nn23)cc1. The highest BCUT2D eigenvalue weighted by Crippen LogP contribution is 2.40. The number of benzene rings is 2. The zero-order valence-electron chi connectivity index (χ0n) is 19.7. The van der Waals surface area contributed by atoms with Gasteiger partial charge in [0.25, 0.3) is 5.91 Å². The molecule has 184 valence electrons. The van der Waals surface area contributed by atoms with Crippen molar-refractivity contribution in [1.82, 2.24) is 24.9 Å². The van der Waals surface area contributed by atoms with Crippen LogP contribution in [0.1, 0.15) is 40.4 Å². The van der Waals surface area contributed by atoms with Crippen molar-refractivity contribution < 1.29 is 4.79 Å². The van der Waals surface area contributed by atoms with E-state index in [2.05, 4.69) is 21.7 Å². The van der Waals surface area contributed by atoms with Crippen molar-refractivity contribution in [3.05, 3.63) is 106 Å². The Morgan fingerprint density at radius 1 is 1.00 bits per heavy atom. The van der Waals surface area contributed by atoms with Crippen LogP contribution in [0.2, 0.25) is 10.0 Å². The van der Waals surface area contributed by atoms with Crippen LogP contribution in [0.15, 0.2) is 79.1 Å². The molecule has 1 amide bonds. The zero-order valence-corrected chi connectivity index (χ0v) is 21.2. The highest BCUT2D eigenvalue weighted by atomic mass is 35.5. The normalized spacial score (nSPS) is 13.0. The second-order valence-electron chi connectivity index (χ2n) is 8.97. The quantitative estimate of drug-likeness (QED) is 0.247. The summed E-state index contributed by atoms with van der Waals surface area (Å²) in [7, 11) is 0. The summed E-state index contributed by atoms with van der Waals surface area (Å²) in [4.78, 5) is 21.8. The summed E-state index contributed by atoms with van der Waals surface area (Å²) in [6.07, 6.45) is 5.86. The summed E-state index contributed by atoms with van der Waals surface area (Å²) in [6.45, 7) is 0.242. The number of hydrogen-bond donors (Lipinski definition) is 2. The van der Waals surface area contributed by atoms with Crippen molar-refractivity contribution in [3.8, 4) is 11.3 Å². The Morgan fingerprint density at radius 3 is 2.49 bits per heavy atom. The van der Waals surface area contributed by atoms with Gasteiger partial charge in [0, 0.05) is 69.4 Å². The van der Waals surface area contributed by atoms with Crippen LogP contribution in [-0.2, 0) is 6.54 Å². The molecule has 2 N–H and O–H groups in total. The molecule has 0 unspecified atom stereocenters. The third-order valence-electron chi connectivity index (χ3n) is 6.31. The van der Waals surface area contributed by atoms with E-state index in [1.807, 2.05) is 34.8 Å². The van der Waals surface area contributed by atoms with Crippen LogP contribution in [0.5, 0.6) is 0 Å². The molecule has 37 heavy (non-hydrogen) atoms. The van der Waals surface area contributed by atoms with E-state index in [0.717, 1.165) is 46.9 Å². The topological polar surface area (TPSA) is 84.2 Å². The highest BCUT2D eigenvalue weighted by molar-refractivity contribution is 6.36. The van der Waals surface area contributed by atoms with Crippen LogP contribution < -0.4 is 10.6 Å². The first-order chi connectivity index (χ1) is 18.0. The number of carbonyl (C=O) groups excluding carboxylic acids is 1. The number of rotatable bonds is 7. The smallest absolute Gasteiger partial charge is 0.251 e. The number of anilines is 2. The van der Waals surface area contributed by atoms with Crippen molar-refractivity contribution in [2.75, 3.05) is 5.32 Å². The van der Waals surface area contributed by atoms with Crippen LogP contribution in [0.3, 0.4) is 0 Å². The number of carbonyl (C=O) groups is 1. The lowest BCUT2D eigenvalue weighted by atomic mass is 10.1. The number of nitrogens with zero attached hydrogens (tertiary/aromatic N) is 4. The Balaban J connectivity index is 1.24. The van der Waals surface area contributed by atoms with Gasteiger partial charge < -0.3 is 10.6 Å². The van der Waals surface area contributed by atoms with E-state index in [1.54, 1.807) is 42.7 Å². The summed E-state index contributed by atoms with van der Waals surface area (Å²) < 4.78 is 1.83. The van der Waals surface area contributed by atoms with E-state index in [4.69, 9.17) is 33.3 Å². The molecule has 1 aliphatic rings. The number of hydrogen-bond acceptors (Lipinski definition) is 5. The Bertz CT molecular complexity index is 1580. The fourth-order valence-electron chi connectivity index (χ4n) is 4.15. The molecule has 0 bridgehead atoms. The first kappa shape index (κ1) is 23.5. The Labute approximate surface area is 223 Å². The molecule has 2 aromatic carbocycles. The van der Waals surface area contributed by atoms with Crippen molar-refractivity contribution in [2.24, 2.45) is 0 Å². The molecular weight excluding hydrogens is 507 g/mol. The van der Waals surface area contributed by atoms with Crippen molar-refractivity contribution in [1.29, 1.82) is 0 Å². The predicted octanol–water partition coefficient (Wildman–Crippen LogP) is 6.65. The van der Waals surface area contributed by atoms with Gasteiger partial charge in [0.2, 0.25) is 0 Å². The second-order valence-corrected chi connectivity index (χ2v) is 9.78. The summed E-state index contributed by atoms with van der Waals surface area (Å²) >= 11 is 12.4. The van der Waals surface area contributed by atoms with Gasteiger partial charge in [0.05, 0.1) is 11.4 Å². The van der Waals surface area contributed by atoms with Crippen LogP contribution in [0, 0.1) is 0 Å². The molecule has 1 fully saturated rings. The molecule has 7 nitrogen and oxygen atoms in total. The van der Waals surface area contributed by atoms with Crippen molar-refractivity contribution >= 4 is 46.3 Å². The summed E-state index contributed by atoms with van der Waals surface area (Å²) in [5, 5.41) is 12.2. The van der Waals surface area contributed by atoms with E-state index in [1.165, 1.54) is 0 Å². The number of amides is 1. The third-order valence-corrected chi connectivity index (χ3v) is 7.01. The standard InChI is InChI=1S/C28H22Cl2N6O/c29-22-4-1-5-23(30)21(22)16-32-28(37)18-8-10-20(11-9-18)33-26-13-24(19-3-2-12-31-15-19)34-27-14-25(17-6-7-17)35-36(26)27/h1-5,8-15,17,33H,6-7,16H2,(H,32,37).